The minimum Gasteiger partial charge on any atom is -0.313 e. The standard InChI is InChI=1S/C10H6F2N2O/c11-7-2-1-3-8(12)9(7)6-4-13-5-14-10(6)15/h1-5H,(H,13,14,15). The fourth-order valence-electron chi connectivity index (χ4n) is 1.28. The quantitative estimate of drug-likeness (QED) is 0.775. The maximum absolute atomic E-state index is 13.3. The van der Waals surface area contributed by atoms with Gasteiger partial charge in [0.25, 0.3) is 5.56 Å². The summed E-state index contributed by atoms with van der Waals surface area (Å²) >= 11 is 0. The van der Waals surface area contributed by atoms with Gasteiger partial charge in [-0.3, -0.25) is 4.79 Å². The molecule has 15 heavy (non-hydrogen) atoms. The summed E-state index contributed by atoms with van der Waals surface area (Å²) in [7, 11) is 0. The second-order valence-corrected chi connectivity index (χ2v) is 2.89. The lowest BCUT2D eigenvalue weighted by molar-refractivity contribution is 0.589. The minimum absolute atomic E-state index is 0.117. The van der Waals surface area contributed by atoms with E-state index in [1.807, 2.05) is 0 Å². The summed E-state index contributed by atoms with van der Waals surface area (Å²) < 4.78 is 26.6. The number of halogens is 2. The summed E-state index contributed by atoms with van der Waals surface area (Å²) in [6.07, 6.45) is 2.28. The van der Waals surface area contributed by atoms with Crippen molar-refractivity contribution in [2.24, 2.45) is 0 Å². The number of hydrogen-bond donors (Lipinski definition) is 1. The number of rotatable bonds is 1. The summed E-state index contributed by atoms with van der Waals surface area (Å²) in [5.41, 5.74) is -1.05. The average molecular weight is 208 g/mol. The normalized spacial score (nSPS) is 10.3. The van der Waals surface area contributed by atoms with Gasteiger partial charge >= 0.3 is 0 Å². The van der Waals surface area contributed by atoms with Crippen molar-refractivity contribution in [3.05, 3.63) is 52.7 Å². The molecular weight excluding hydrogens is 202 g/mol. The minimum atomic E-state index is -0.784. The lowest BCUT2D eigenvalue weighted by Gasteiger charge is -2.02. The van der Waals surface area contributed by atoms with E-state index in [1.54, 1.807) is 0 Å². The molecule has 0 fully saturated rings. The fraction of sp³-hybridized carbons (Fsp3) is 0. The van der Waals surface area contributed by atoms with Gasteiger partial charge in [-0.1, -0.05) is 6.07 Å². The third-order valence-electron chi connectivity index (χ3n) is 1.95. The molecule has 0 saturated heterocycles. The molecule has 2 rings (SSSR count). The van der Waals surface area contributed by atoms with Crippen LogP contribution in [0.2, 0.25) is 0 Å². The average Bonchev–Trinajstić information content (AvgIpc) is 2.20. The number of aromatic amines is 1. The Bertz CT molecular complexity index is 531. The molecule has 5 heteroatoms. The van der Waals surface area contributed by atoms with Crippen LogP contribution >= 0.6 is 0 Å². The molecule has 0 atom stereocenters. The number of aromatic nitrogens is 2. The monoisotopic (exact) mass is 208 g/mol. The molecule has 0 amide bonds. The zero-order valence-electron chi connectivity index (χ0n) is 7.50. The van der Waals surface area contributed by atoms with E-state index in [0.717, 1.165) is 24.7 Å². The third-order valence-corrected chi connectivity index (χ3v) is 1.95. The van der Waals surface area contributed by atoms with Gasteiger partial charge in [0.2, 0.25) is 0 Å². The van der Waals surface area contributed by atoms with Crippen molar-refractivity contribution >= 4 is 0 Å². The van der Waals surface area contributed by atoms with Gasteiger partial charge in [0, 0.05) is 6.20 Å². The van der Waals surface area contributed by atoms with Crippen molar-refractivity contribution in [2.75, 3.05) is 0 Å². The van der Waals surface area contributed by atoms with Crippen molar-refractivity contribution in [1.82, 2.24) is 9.97 Å². The van der Waals surface area contributed by atoms with Crippen LogP contribution in [0.3, 0.4) is 0 Å². The van der Waals surface area contributed by atoms with Crippen LogP contribution in [0.15, 0.2) is 35.5 Å². The van der Waals surface area contributed by atoms with Gasteiger partial charge in [0.15, 0.2) is 0 Å². The molecule has 1 N–H and O–H groups in total. The fourth-order valence-corrected chi connectivity index (χ4v) is 1.28. The molecule has 76 valence electrons. The summed E-state index contributed by atoms with van der Waals surface area (Å²) in [6.45, 7) is 0. The van der Waals surface area contributed by atoms with Crippen LogP contribution in [-0.2, 0) is 0 Å². The summed E-state index contributed by atoms with van der Waals surface area (Å²) in [6, 6.07) is 3.41. The van der Waals surface area contributed by atoms with Crippen molar-refractivity contribution in [1.29, 1.82) is 0 Å². The smallest absolute Gasteiger partial charge is 0.258 e. The first-order valence-corrected chi connectivity index (χ1v) is 4.17. The van der Waals surface area contributed by atoms with Crippen LogP contribution in [0.1, 0.15) is 0 Å². The Balaban J connectivity index is 2.75. The van der Waals surface area contributed by atoms with Crippen LogP contribution in [0, 0.1) is 11.6 Å². The van der Waals surface area contributed by atoms with Gasteiger partial charge in [-0.15, -0.1) is 0 Å². The Morgan fingerprint density at radius 3 is 2.47 bits per heavy atom. The highest BCUT2D eigenvalue weighted by Crippen LogP contribution is 2.21. The molecule has 0 saturated carbocycles. The lowest BCUT2D eigenvalue weighted by Crippen LogP contribution is -2.10. The first kappa shape index (κ1) is 9.51. The molecule has 1 heterocycles. The maximum atomic E-state index is 13.3. The molecular formula is C10H6F2N2O. The van der Waals surface area contributed by atoms with Gasteiger partial charge < -0.3 is 4.98 Å². The molecule has 0 aliphatic carbocycles. The van der Waals surface area contributed by atoms with Crippen LogP contribution in [0.25, 0.3) is 11.1 Å². The Kier molecular flexibility index (Phi) is 2.29. The van der Waals surface area contributed by atoms with Crippen molar-refractivity contribution in [3.63, 3.8) is 0 Å². The molecule has 0 aliphatic heterocycles. The number of hydrogen-bond acceptors (Lipinski definition) is 2. The van der Waals surface area contributed by atoms with E-state index in [-0.39, 0.29) is 11.1 Å². The molecule has 0 radical (unpaired) electrons. The van der Waals surface area contributed by atoms with E-state index in [1.165, 1.54) is 6.07 Å². The van der Waals surface area contributed by atoms with E-state index < -0.39 is 17.2 Å². The lowest BCUT2D eigenvalue weighted by atomic mass is 10.1. The van der Waals surface area contributed by atoms with Gasteiger partial charge in [0.1, 0.15) is 11.6 Å². The molecule has 2 aromatic rings. The first-order chi connectivity index (χ1) is 7.20. The Hall–Kier alpha value is -2.04. The van der Waals surface area contributed by atoms with Crippen LogP contribution in [-0.4, -0.2) is 9.97 Å². The third kappa shape index (κ3) is 1.63. The van der Waals surface area contributed by atoms with Crippen LogP contribution < -0.4 is 5.56 Å². The Labute approximate surface area is 83.4 Å². The first-order valence-electron chi connectivity index (χ1n) is 4.17. The molecule has 3 nitrogen and oxygen atoms in total. The molecule has 0 spiro atoms. The zero-order chi connectivity index (χ0) is 10.8. The van der Waals surface area contributed by atoms with E-state index in [4.69, 9.17) is 0 Å². The molecule has 0 bridgehead atoms. The number of benzene rings is 1. The van der Waals surface area contributed by atoms with E-state index in [9.17, 15) is 13.6 Å². The Morgan fingerprint density at radius 1 is 1.20 bits per heavy atom. The predicted molar refractivity (Wildman–Crippen MR) is 50.2 cm³/mol. The summed E-state index contributed by atoms with van der Waals surface area (Å²) in [5.74, 6) is -1.57. The summed E-state index contributed by atoms with van der Waals surface area (Å²) in [5, 5.41) is 0. The number of nitrogens with zero attached hydrogens (tertiary/aromatic N) is 1. The molecule has 1 aromatic carbocycles. The molecule has 0 aliphatic rings. The number of H-pyrrole nitrogens is 1. The molecule has 0 unspecified atom stereocenters. The maximum Gasteiger partial charge on any atom is 0.258 e. The van der Waals surface area contributed by atoms with Gasteiger partial charge in [0.05, 0.1) is 17.5 Å². The zero-order valence-corrected chi connectivity index (χ0v) is 7.50. The largest absolute Gasteiger partial charge is 0.313 e. The topological polar surface area (TPSA) is 45.8 Å². The van der Waals surface area contributed by atoms with E-state index >= 15 is 0 Å². The van der Waals surface area contributed by atoms with Crippen molar-refractivity contribution in [3.8, 4) is 11.1 Å². The second kappa shape index (κ2) is 3.61. The molecule has 1 aromatic heterocycles. The van der Waals surface area contributed by atoms with Gasteiger partial charge in [-0.2, -0.15) is 0 Å². The highest BCUT2D eigenvalue weighted by molar-refractivity contribution is 5.62. The highest BCUT2D eigenvalue weighted by Gasteiger charge is 2.13. The van der Waals surface area contributed by atoms with E-state index in [0.29, 0.717) is 0 Å². The predicted octanol–water partition coefficient (Wildman–Crippen LogP) is 1.72. The second-order valence-electron chi connectivity index (χ2n) is 2.89. The van der Waals surface area contributed by atoms with Gasteiger partial charge in [-0.25, -0.2) is 13.8 Å². The van der Waals surface area contributed by atoms with Gasteiger partial charge in [-0.05, 0) is 12.1 Å². The van der Waals surface area contributed by atoms with Crippen LogP contribution in [0.5, 0.6) is 0 Å². The van der Waals surface area contributed by atoms with Crippen molar-refractivity contribution < 1.29 is 8.78 Å². The SMILES string of the molecule is O=c1[nH]cncc1-c1c(F)cccc1F. The Morgan fingerprint density at radius 2 is 1.87 bits per heavy atom. The van der Waals surface area contributed by atoms with Crippen molar-refractivity contribution in [2.45, 2.75) is 0 Å². The highest BCUT2D eigenvalue weighted by atomic mass is 19.1. The van der Waals surface area contributed by atoms with Crippen LogP contribution in [0.4, 0.5) is 8.78 Å². The van der Waals surface area contributed by atoms with E-state index in [2.05, 4.69) is 9.97 Å². The summed E-state index contributed by atoms with van der Waals surface area (Å²) in [4.78, 5) is 17.2. The number of nitrogens with one attached hydrogen (secondary N) is 1.